The number of rotatable bonds is 6. The maximum atomic E-state index is 13.1. The van der Waals surface area contributed by atoms with Gasteiger partial charge in [0.05, 0.1) is 30.9 Å². The summed E-state index contributed by atoms with van der Waals surface area (Å²) in [7, 11) is 0. The lowest BCUT2D eigenvalue weighted by molar-refractivity contribution is -0.140. The Bertz CT molecular complexity index is 864. The van der Waals surface area contributed by atoms with E-state index >= 15 is 0 Å². The highest BCUT2D eigenvalue weighted by molar-refractivity contribution is 5.80. The van der Waals surface area contributed by atoms with E-state index < -0.39 is 0 Å². The highest BCUT2D eigenvalue weighted by atomic mass is 16.5. The minimum Gasteiger partial charge on any atom is -0.361 e. The van der Waals surface area contributed by atoms with Crippen LogP contribution < -0.4 is 0 Å². The molecule has 0 aliphatic carbocycles. The fourth-order valence-electron chi connectivity index (χ4n) is 4.55. The second-order valence-electron chi connectivity index (χ2n) is 8.12. The molecule has 7 nitrogen and oxygen atoms in total. The molecular formula is C21H29N5O2. The Morgan fingerprint density at radius 2 is 2.07 bits per heavy atom. The molecule has 0 unspecified atom stereocenters. The van der Waals surface area contributed by atoms with E-state index in [1.165, 1.54) is 11.3 Å². The molecule has 5 heterocycles. The van der Waals surface area contributed by atoms with Gasteiger partial charge in [0.15, 0.2) is 0 Å². The number of hydrogen-bond donors (Lipinski definition) is 0. The Balaban J connectivity index is 1.51. The zero-order valence-electron chi connectivity index (χ0n) is 17.0. The quantitative estimate of drug-likeness (QED) is 0.718. The largest absolute Gasteiger partial charge is 0.361 e. The predicted octanol–water partition coefficient (Wildman–Crippen LogP) is 2.61. The standard InChI is InChI=1S/C21H29N5O2/c1-5-8-26-15(3)18(9-22-26)11-24-10-17-6-7-19(12-24)25(21(17)27)13-20-14(2)23-28-16(20)4/h5,9,17,19H,1,6-8,10-13H2,2-4H3/t17-,19+/m1/s1. The number of amides is 1. The SMILES string of the molecule is C=CCn1ncc(CN2C[C@H]3CC[C@@H](C2)N(Cc2c(C)noc2C)C3=O)c1C. The number of allylic oxidation sites excluding steroid dienone is 1. The molecule has 2 bridgehead atoms. The van der Waals surface area contributed by atoms with Crippen molar-refractivity contribution < 1.29 is 9.32 Å². The summed E-state index contributed by atoms with van der Waals surface area (Å²) in [5, 5.41) is 8.52. The van der Waals surface area contributed by atoms with Crippen molar-refractivity contribution in [3.05, 3.63) is 47.1 Å². The highest BCUT2D eigenvalue weighted by Crippen LogP contribution is 2.32. The van der Waals surface area contributed by atoms with Crippen LogP contribution in [0, 0.1) is 26.7 Å². The van der Waals surface area contributed by atoms with Crippen molar-refractivity contribution in [1.82, 2.24) is 24.7 Å². The van der Waals surface area contributed by atoms with Crippen LogP contribution in [0.4, 0.5) is 0 Å². The molecule has 1 amide bonds. The van der Waals surface area contributed by atoms with E-state index in [2.05, 4.69) is 33.6 Å². The van der Waals surface area contributed by atoms with Crippen molar-refractivity contribution in [2.24, 2.45) is 5.92 Å². The third kappa shape index (κ3) is 3.39. The number of carbonyl (C=O) groups is 1. The minimum absolute atomic E-state index is 0.0720. The molecule has 3 fully saturated rings. The second-order valence-corrected chi connectivity index (χ2v) is 8.12. The lowest BCUT2D eigenvalue weighted by Crippen LogP contribution is -2.47. The normalized spacial score (nSPS) is 22.7. The van der Waals surface area contributed by atoms with Crippen LogP contribution in [0.15, 0.2) is 23.4 Å². The van der Waals surface area contributed by atoms with Gasteiger partial charge < -0.3 is 9.42 Å². The van der Waals surface area contributed by atoms with Gasteiger partial charge in [-0.05, 0) is 33.6 Å². The van der Waals surface area contributed by atoms with Crippen molar-refractivity contribution in [1.29, 1.82) is 0 Å². The molecule has 3 aliphatic rings. The van der Waals surface area contributed by atoms with Gasteiger partial charge in [-0.15, -0.1) is 6.58 Å². The lowest BCUT2D eigenvalue weighted by atomic mass is 9.93. The molecule has 28 heavy (non-hydrogen) atoms. The maximum absolute atomic E-state index is 13.1. The van der Waals surface area contributed by atoms with E-state index in [1.807, 2.05) is 30.8 Å². The van der Waals surface area contributed by atoms with Gasteiger partial charge in [0.2, 0.25) is 5.91 Å². The molecule has 150 valence electrons. The van der Waals surface area contributed by atoms with Gasteiger partial charge in [-0.25, -0.2) is 0 Å². The number of aryl methyl sites for hydroxylation is 2. The first-order valence-corrected chi connectivity index (χ1v) is 10.0. The molecule has 3 aliphatic heterocycles. The summed E-state index contributed by atoms with van der Waals surface area (Å²) in [6, 6.07) is 0.239. The monoisotopic (exact) mass is 383 g/mol. The van der Waals surface area contributed by atoms with Crippen LogP contribution in [-0.4, -0.2) is 49.8 Å². The fraction of sp³-hybridized carbons (Fsp3) is 0.571. The second kappa shape index (κ2) is 7.54. The molecule has 2 aromatic heterocycles. The Labute approximate surface area is 166 Å². The summed E-state index contributed by atoms with van der Waals surface area (Å²) in [6.07, 6.45) is 5.86. The molecule has 0 spiro atoms. The molecule has 5 rings (SSSR count). The number of fused-ring (bicyclic) bond motifs is 4. The molecule has 0 radical (unpaired) electrons. The van der Waals surface area contributed by atoms with Gasteiger partial charge in [-0.1, -0.05) is 11.2 Å². The van der Waals surface area contributed by atoms with Crippen molar-refractivity contribution in [3.8, 4) is 0 Å². The zero-order chi connectivity index (χ0) is 19.8. The summed E-state index contributed by atoms with van der Waals surface area (Å²) < 4.78 is 7.28. The lowest BCUT2D eigenvalue weighted by Gasteiger charge is -2.36. The van der Waals surface area contributed by atoms with E-state index in [1.54, 1.807) is 0 Å². The number of hydrogen-bond acceptors (Lipinski definition) is 5. The first kappa shape index (κ1) is 18.9. The molecule has 0 N–H and O–H groups in total. The summed E-state index contributed by atoms with van der Waals surface area (Å²) in [5.41, 5.74) is 4.34. The molecule has 0 saturated carbocycles. The Kier molecular flexibility index (Phi) is 5.10. The number of aromatic nitrogens is 3. The molecular weight excluding hydrogens is 354 g/mol. The van der Waals surface area contributed by atoms with E-state index in [4.69, 9.17) is 4.52 Å². The Morgan fingerprint density at radius 1 is 1.25 bits per heavy atom. The Hall–Kier alpha value is -2.41. The fourth-order valence-corrected chi connectivity index (χ4v) is 4.55. The van der Waals surface area contributed by atoms with Crippen LogP contribution in [-0.2, 0) is 24.4 Å². The first-order chi connectivity index (χ1) is 13.5. The highest BCUT2D eigenvalue weighted by Gasteiger charge is 2.41. The van der Waals surface area contributed by atoms with Gasteiger partial charge in [-0.2, -0.15) is 5.10 Å². The summed E-state index contributed by atoms with van der Waals surface area (Å²) in [5.74, 6) is 1.16. The van der Waals surface area contributed by atoms with Gasteiger partial charge >= 0.3 is 0 Å². The first-order valence-electron chi connectivity index (χ1n) is 10.0. The van der Waals surface area contributed by atoms with Crippen LogP contribution in [0.25, 0.3) is 0 Å². The molecule has 2 aromatic rings. The van der Waals surface area contributed by atoms with Crippen molar-refractivity contribution in [2.75, 3.05) is 13.1 Å². The van der Waals surface area contributed by atoms with Crippen LogP contribution >= 0.6 is 0 Å². The van der Waals surface area contributed by atoms with Crippen molar-refractivity contribution in [2.45, 2.75) is 59.3 Å². The number of carbonyl (C=O) groups excluding carboxylic acids is 1. The van der Waals surface area contributed by atoms with E-state index in [-0.39, 0.29) is 17.9 Å². The van der Waals surface area contributed by atoms with Crippen molar-refractivity contribution in [3.63, 3.8) is 0 Å². The van der Waals surface area contributed by atoms with Crippen molar-refractivity contribution >= 4 is 5.91 Å². The third-order valence-electron chi connectivity index (χ3n) is 6.28. The number of piperidine rings is 1. The molecule has 2 atom stereocenters. The van der Waals surface area contributed by atoms with Crippen LogP contribution in [0.1, 0.15) is 41.1 Å². The van der Waals surface area contributed by atoms with Gasteiger partial charge in [0.1, 0.15) is 5.76 Å². The smallest absolute Gasteiger partial charge is 0.227 e. The minimum atomic E-state index is 0.0720. The topological polar surface area (TPSA) is 67.4 Å². The summed E-state index contributed by atoms with van der Waals surface area (Å²) in [6.45, 7) is 13.7. The predicted molar refractivity (Wildman–Crippen MR) is 105 cm³/mol. The average Bonchev–Trinajstić information content (AvgIpc) is 3.03. The van der Waals surface area contributed by atoms with E-state index in [0.29, 0.717) is 6.54 Å². The maximum Gasteiger partial charge on any atom is 0.227 e. The van der Waals surface area contributed by atoms with Crippen LogP contribution in [0.3, 0.4) is 0 Å². The van der Waals surface area contributed by atoms with E-state index in [9.17, 15) is 4.79 Å². The van der Waals surface area contributed by atoms with E-state index in [0.717, 1.165) is 56.0 Å². The van der Waals surface area contributed by atoms with Gasteiger partial charge in [-0.3, -0.25) is 14.4 Å². The third-order valence-corrected chi connectivity index (χ3v) is 6.28. The number of nitrogens with zero attached hydrogens (tertiary/aromatic N) is 5. The molecule has 0 aromatic carbocycles. The molecule has 7 heteroatoms. The summed E-state index contributed by atoms with van der Waals surface area (Å²) >= 11 is 0. The zero-order valence-corrected chi connectivity index (χ0v) is 17.0. The van der Waals surface area contributed by atoms with Crippen LogP contribution in [0.2, 0.25) is 0 Å². The average molecular weight is 383 g/mol. The summed E-state index contributed by atoms with van der Waals surface area (Å²) in [4.78, 5) is 17.6. The van der Waals surface area contributed by atoms with Crippen LogP contribution in [0.5, 0.6) is 0 Å². The Morgan fingerprint density at radius 3 is 2.79 bits per heavy atom. The van der Waals surface area contributed by atoms with Gasteiger partial charge in [0.25, 0.3) is 0 Å². The van der Waals surface area contributed by atoms with Gasteiger partial charge in [0, 0.05) is 42.5 Å². The molecule has 3 saturated heterocycles.